The van der Waals surface area contributed by atoms with Gasteiger partial charge in [-0.3, -0.25) is 4.79 Å². The van der Waals surface area contributed by atoms with Gasteiger partial charge in [-0.2, -0.15) is 0 Å². The SMILES string of the molecule is C/C=C(\Cc1cc2ccccc2o1)C(C)=O. The summed E-state index contributed by atoms with van der Waals surface area (Å²) in [6.45, 7) is 3.46. The zero-order valence-electron chi connectivity index (χ0n) is 9.49. The number of rotatable bonds is 3. The Balaban J connectivity index is 2.31. The Morgan fingerprint density at radius 3 is 2.75 bits per heavy atom. The number of hydrogen-bond donors (Lipinski definition) is 0. The molecule has 2 nitrogen and oxygen atoms in total. The maximum absolute atomic E-state index is 11.3. The van der Waals surface area contributed by atoms with Crippen LogP contribution < -0.4 is 0 Å². The van der Waals surface area contributed by atoms with E-state index in [9.17, 15) is 4.79 Å². The van der Waals surface area contributed by atoms with Gasteiger partial charge in [0.25, 0.3) is 0 Å². The van der Waals surface area contributed by atoms with Gasteiger partial charge < -0.3 is 4.42 Å². The molecule has 0 N–H and O–H groups in total. The van der Waals surface area contributed by atoms with Crippen molar-refractivity contribution < 1.29 is 9.21 Å². The number of carbonyl (C=O) groups excluding carboxylic acids is 1. The first kappa shape index (κ1) is 10.7. The third-order valence-electron chi connectivity index (χ3n) is 2.64. The van der Waals surface area contributed by atoms with E-state index in [1.807, 2.05) is 43.3 Å². The van der Waals surface area contributed by atoms with E-state index in [0.29, 0.717) is 6.42 Å². The van der Waals surface area contributed by atoms with Crippen molar-refractivity contribution in [2.75, 3.05) is 0 Å². The van der Waals surface area contributed by atoms with Gasteiger partial charge in [0.2, 0.25) is 0 Å². The molecular formula is C14H14O2. The Labute approximate surface area is 94.6 Å². The fourth-order valence-corrected chi connectivity index (χ4v) is 1.74. The largest absolute Gasteiger partial charge is 0.461 e. The van der Waals surface area contributed by atoms with Gasteiger partial charge in [0.15, 0.2) is 5.78 Å². The van der Waals surface area contributed by atoms with E-state index in [-0.39, 0.29) is 5.78 Å². The summed E-state index contributed by atoms with van der Waals surface area (Å²) in [4.78, 5) is 11.3. The molecule has 0 aliphatic rings. The number of furan rings is 1. The summed E-state index contributed by atoms with van der Waals surface area (Å²) in [5.74, 6) is 0.937. The maximum atomic E-state index is 11.3. The topological polar surface area (TPSA) is 30.2 Å². The zero-order valence-corrected chi connectivity index (χ0v) is 9.49. The molecule has 0 saturated heterocycles. The number of Topliss-reactive ketones (excluding diaryl/α,β-unsaturated/α-hetero) is 1. The molecule has 0 atom stereocenters. The molecule has 0 fully saturated rings. The van der Waals surface area contributed by atoms with Gasteiger partial charge in [0.1, 0.15) is 11.3 Å². The predicted molar refractivity (Wildman–Crippen MR) is 64.4 cm³/mol. The van der Waals surface area contributed by atoms with E-state index in [0.717, 1.165) is 22.3 Å². The average Bonchev–Trinajstić information content (AvgIpc) is 2.67. The molecular weight excluding hydrogens is 200 g/mol. The molecule has 0 bridgehead atoms. The molecule has 0 radical (unpaired) electrons. The lowest BCUT2D eigenvalue weighted by molar-refractivity contribution is -0.113. The normalized spacial score (nSPS) is 12.0. The van der Waals surface area contributed by atoms with Crippen LogP contribution in [0.15, 0.2) is 46.4 Å². The monoisotopic (exact) mass is 214 g/mol. The Hall–Kier alpha value is -1.83. The van der Waals surface area contributed by atoms with Gasteiger partial charge in [-0.05, 0) is 31.6 Å². The molecule has 0 aliphatic heterocycles. The minimum absolute atomic E-state index is 0.1000. The standard InChI is InChI=1S/C14H14O2/c1-3-11(10(2)15)8-13-9-12-6-4-5-7-14(12)16-13/h3-7,9H,8H2,1-2H3/b11-3+. The highest BCUT2D eigenvalue weighted by molar-refractivity contribution is 5.93. The van der Waals surface area contributed by atoms with E-state index in [2.05, 4.69) is 0 Å². The number of carbonyl (C=O) groups is 1. The van der Waals surface area contributed by atoms with Crippen LogP contribution in [0.1, 0.15) is 19.6 Å². The van der Waals surface area contributed by atoms with Gasteiger partial charge in [0, 0.05) is 11.8 Å². The van der Waals surface area contributed by atoms with Crippen LogP contribution in [0.25, 0.3) is 11.0 Å². The first-order valence-electron chi connectivity index (χ1n) is 5.34. The van der Waals surface area contributed by atoms with Gasteiger partial charge in [-0.25, -0.2) is 0 Å². The Kier molecular flexibility index (Phi) is 2.91. The number of para-hydroxylation sites is 1. The minimum Gasteiger partial charge on any atom is -0.461 e. The van der Waals surface area contributed by atoms with Gasteiger partial charge >= 0.3 is 0 Å². The molecule has 2 aromatic rings. The molecule has 0 saturated carbocycles. The summed E-state index contributed by atoms with van der Waals surface area (Å²) in [5, 5.41) is 1.08. The molecule has 1 aromatic heterocycles. The number of benzene rings is 1. The number of hydrogen-bond acceptors (Lipinski definition) is 2. The van der Waals surface area contributed by atoms with Crippen molar-refractivity contribution in [3.63, 3.8) is 0 Å². The first-order valence-corrected chi connectivity index (χ1v) is 5.34. The van der Waals surface area contributed by atoms with Crippen molar-refractivity contribution >= 4 is 16.8 Å². The molecule has 0 spiro atoms. The van der Waals surface area contributed by atoms with Crippen LogP contribution >= 0.6 is 0 Å². The van der Waals surface area contributed by atoms with Crippen molar-refractivity contribution in [3.8, 4) is 0 Å². The summed E-state index contributed by atoms with van der Waals surface area (Å²) >= 11 is 0. The molecule has 82 valence electrons. The second-order valence-corrected chi connectivity index (χ2v) is 3.80. The van der Waals surface area contributed by atoms with Crippen LogP contribution in [0.3, 0.4) is 0 Å². The highest BCUT2D eigenvalue weighted by atomic mass is 16.3. The molecule has 2 rings (SSSR count). The van der Waals surface area contributed by atoms with Crippen molar-refractivity contribution in [2.45, 2.75) is 20.3 Å². The van der Waals surface area contributed by atoms with E-state index in [1.165, 1.54) is 0 Å². The number of allylic oxidation sites excluding steroid dienone is 2. The summed E-state index contributed by atoms with van der Waals surface area (Å²) in [5.41, 5.74) is 1.66. The first-order chi connectivity index (χ1) is 7.70. The van der Waals surface area contributed by atoms with Crippen LogP contribution in [-0.2, 0) is 11.2 Å². The third kappa shape index (κ3) is 2.06. The van der Waals surface area contributed by atoms with Crippen molar-refractivity contribution in [3.05, 3.63) is 47.7 Å². The van der Waals surface area contributed by atoms with Gasteiger partial charge in [-0.1, -0.05) is 24.3 Å². The molecule has 0 unspecified atom stereocenters. The summed E-state index contributed by atoms with van der Waals surface area (Å²) in [6.07, 6.45) is 2.41. The van der Waals surface area contributed by atoms with E-state index >= 15 is 0 Å². The number of fused-ring (bicyclic) bond motifs is 1. The number of ketones is 1. The lowest BCUT2D eigenvalue weighted by Crippen LogP contribution is -1.99. The molecule has 0 aliphatic carbocycles. The van der Waals surface area contributed by atoms with E-state index in [1.54, 1.807) is 6.92 Å². The predicted octanol–water partition coefficient (Wildman–Crippen LogP) is 3.51. The fourth-order valence-electron chi connectivity index (χ4n) is 1.74. The van der Waals surface area contributed by atoms with E-state index in [4.69, 9.17) is 4.42 Å². The van der Waals surface area contributed by atoms with Gasteiger partial charge in [0.05, 0.1) is 0 Å². The molecule has 16 heavy (non-hydrogen) atoms. The maximum Gasteiger partial charge on any atom is 0.155 e. The lowest BCUT2D eigenvalue weighted by Gasteiger charge is -1.98. The van der Waals surface area contributed by atoms with Crippen LogP contribution in [-0.4, -0.2) is 5.78 Å². The Morgan fingerprint density at radius 2 is 2.12 bits per heavy atom. The second kappa shape index (κ2) is 4.35. The molecule has 2 heteroatoms. The van der Waals surface area contributed by atoms with Crippen LogP contribution in [0.2, 0.25) is 0 Å². The molecule has 0 amide bonds. The highest BCUT2D eigenvalue weighted by Crippen LogP contribution is 2.21. The van der Waals surface area contributed by atoms with Crippen molar-refractivity contribution in [2.24, 2.45) is 0 Å². The Bertz CT molecular complexity index is 514. The third-order valence-corrected chi connectivity index (χ3v) is 2.64. The molecule has 1 aromatic carbocycles. The smallest absolute Gasteiger partial charge is 0.155 e. The van der Waals surface area contributed by atoms with Crippen molar-refractivity contribution in [1.29, 1.82) is 0 Å². The summed E-state index contributed by atoms with van der Waals surface area (Å²) < 4.78 is 5.66. The second-order valence-electron chi connectivity index (χ2n) is 3.80. The highest BCUT2D eigenvalue weighted by Gasteiger charge is 2.08. The van der Waals surface area contributed by atoms with Crippen LogP contribution in [0, 0.1) is 0 Å². The lowest BCUT2D eigenvalue weighted by atomic mass is 10.1. The molecule has 1 heterocycles. The van der Waals surface area contributed by atoms with Crippen LogP contribution in [0.4, 0.5) is 0 Å². The zero-order chi connectivity index (χ0) is 11.5. The van der Waals surface area contributed by atoms with Gasteiger partial charge in [-0.15, -0.1) is 0 Å². The minimum atomic E-state index is 0.1000. The van der Waals surface area contributed by atoms with Crippen LogP contribution in [0.5, 0.6) is 0 Å². The quantitative estimate of drug-likeness (QED) is 0.732. The Morgan fingerprint density at radius 1 is 1.38 bits per heavy atom. The van der Waals surface area contributed by atoms with Crippen molar-refractivity contribution in [1.82, 2.24) is 0 Å². The van der Waals surface area contributed by atoms with E-state index < -0.39 is 0 Å². The summed E-state index contributed by atoms with van der Waals surface area (Å²) in [7, 11) is 0. The fraction of sp³-hybridized carbons (Fsp3) is 0.214. The average molecular weight is 214 g/mol. The summed E-state index contributed by atoms with van der Waals surface area (Å²) in [6, 6.07) is 9.84.